The molecule has 2 amide bonds. The highest BCUT2D eigenvalue weighted by atomic mass is 35.5. The van der Waals surface area contributed by atoms with Crippen molar-refractivity contribution in [3.63, 3.8) is 0 Å². The van der Waals surface area contributed by atoms with E-state index in [4.69, 9.17) is 21.3 Å². The molecule has 6 nitrogen and oxygen atoms in total. The van der Waals surface area contributed by atoms with Gasteiger partial charge in [-0.2, -0.15) is 0 Å². The predicted molar refractivity (Wildman–Crippen MR) is 135 cm³/mol. The first-order chi connectivity index (χ1) is 16.0. The van der Waals surface area contributed by atoms with E-state index in [2.05, 4.69) is 5.32 Å². The molecule has 3 aromatic rings. The summed E-state index contributed by atoms with van der Waals surface area (Å²) in [6.45, 7) is 2.59. The smallest absolute Gasteiger partial charge is 0.242 e. The lowest BCUT2D eigenvalue weighted by Gasteiger charge is -2.16. The Labute approximate surface area is 202 Å². The molecule has 4 rings (SSSR count). The Hall–Kier alpha value is -2.87. The average molecular weight is 482 g/mol. The van der Waals surface area contributed by atoms with Crippen LogP contribution in [0.4, 0.5) is 11.4 Å². The third kappa shape index (κ3) is 5.21. The van der Waals surface area contributed by atoms with E-state index in [9.17, 15) is 9.59 Å². The summed E-state index contributed by atoms with van der Waals surface area (Å²) in [7, 11) is 1.59. The quantitative estimate of drug-likeness (QED) is 0.490. The molecule has 0 spiro atoms. The van der Waals surface area contributed by atoms with Crippen molar-refractivity contribution in [3.05, 3.63) is 71.2 Å². The summed E-state index contributed by atoms with van der Waals surface area (Å²) < 4.78 is 5.19. The van der Waals surface area contributed by atoms with Crippen molar-refractivity contribution in [3.8, 4) is 0 Å². The SMILES string of the molecule is COCCN1C(=O)C(CC(=O)Nc2cccc(Cl)c2C)SC1=Nc1cccc2ccccc12. The van der Waals surface area contributed by atoms with Crippen molar-refractivity contribution in [1.29, 1.82) is 0 Å². The number of benzene rings is 3. The zero-order chi connectivity index (χ0) is 23.4. The molecule has 1 atom stereocenters. The van der Waals surface area contributed by atoms with Crippen LogP contribution in [0.25, 0.3) is 10.8 Å². The van der Waals surface area contributed by atoms with E-state index >= 15 is 0 Å². The van der Waals surface area contributed by atoms with Gasteiger partial charge in [0.2, 0.25) is 11.8 Å². The number of carbonyl (C=O) groups is 2. The Morgan fingerprint density at radius 3 is 2.73 bits per heavy atom. The first-order valence-corrected chi connectivity index (χ1v) is 11.8. The molecule has 0 bridgehead atoms. The predicted octanol–water partition coefficient (Wildman–Crippen LogP) is 5.41. The molecule has 8 heteroatoms. The van der Waals surface area contributed by atoms with Crippen LogP contribution in [-0.2, 0) is 14.3 Å². The topological polar surface area (TPSA) is 71.0 Å². The highest BCUT2D eigenvalue weighted by Gasteiger charge is 2.39. The van der Waals surface area contributed by atoms with E-state index in [1.807, 2.05) is 49.4 Å². The van der Waals surface area contributed by atoms with E-state index in [-0.39, 0.29) is 18.2 Å². The number of aliphatic imine (C=N–C) groups is 1. The molecule has 1 aliphatic rings. The number of methoxy groups -OCH3 is 1. The Bertz CT molecular complexity index is 1230. The summed E-state index contributed by atoms with van der Waals surface area (Å²) in [5, 5.41) is 5.54. The molecule has 1 N–H and O–H groups in total. The number of carbonyl (C=O) groups excluding carboxylic acids is 2. The van der Waals surface area contributed by atoms with E-state index in [0.29, 0.717) is 29.0 Å². The summed E-state index contributed by atoms with van der Waals surface area (Å²) in [5.74, 6) is -0.390. The van der Waals surface area contributed by atoms with Gasteiger partial charge in [0.05, 0.1) is 18.8 Å². The summed E-state index contributed by atoms with van der Waals surface area (Å²) in [5.41, 5.74) is 2.21. The second-order valence-corrected chi connectivity index (χ2v) is 9.22. The zero-order valence-corrected chi connectivity index (χ0v) is 19.9. The first-order valence-electron chi connectivity index (χ1n) is 10.6. The number of fused-ring (bicyclic) bond motifs is 1. The minimum absolute atomic E-state index is 0.0352. The van der Waals surface area contributed by atoms with Crippen LogP contribution in [0, 0.1) is 6.92 Å². The van der Waals surface area contributed by atoms with Crippen LogP contribution < -0.4 is 5.32 Å². The van der Waals surface area contributed by atoms with Crippen molar-refractivity contribution < 1.29 is 14.3 Å². The second-order valence-electron chi connectivity index (χ2n) is 7.65. The summed E-state index contributed by atoms with van der Waals surface area (Å²) in [6, 6.07) is 19.2. The number of amidine groups is 1. The van der Waals surface area contributed by atoms with Crippen LogP contribution in [0.3, 0.4) is 0 Å². The van der Waals surface area contributed by atoms with Gasteiger partial charge in [-0.15, -0.1) is 0 Å². The Morgan fingerprint density at radius 1 is 1.15 bits per heavy atom. The third-order valence-electron chi connectivity index (χ3n) is 5.43. The van der Waals surface area contributed by atoms with Crippen LogP contribution in [0.2, 0.25) is 5.02 Å². The van der Waals surface area contributed by atoms with Crippen molar-refractivity contribution >= 4 is 62.5 Å². The lowest BCUT2D eigenvalue weighted by atomic mass is 10.1. The molecule has 0 saturated carbocycles. The molecule has 170 valence electrons. The number of thioether (sulfide) groups is 1. The van der Waals surface area contributed by atoms with Gasteiger partial charge in [-0.25, -0.2) is 4.99 Å². The molecule has 1 aliphatic heterocycles. The van der Waals surface area contributed by atoms with Crippen molar-refractivity contribution in [1.82, 2.24) is 4.90 Å². The van der Waals surface area contributed by atoms with Gasteiger partial charge in [-0.3, -0.25) is 14.5 Å². The normalized spacial score (nSPS) is 17.2. The van der Waals surface area contributed by atoms with E-state index in [0.717, 1.165) is 22.0 Å². The molecule has 0 aromatic heterocycles. The number of anilines is 1. The van der Waals surface area contributed by atoms with Gasteiger partial charge in [0.25, 0.3) is 0 Å². The number of ether oxygens (including phenoxy) is 1. The lowest BCUT2D eigenvalue weighted by Crippen LogP contribution is -2.35. The molecular formula is C25H24ClN3O3S. The summed E-state index contributed by atoms with van der Waals surface area (Å²) in [4.78, 5) is 32.3. The van der Waals surface area contributed by atoms with E-state index in [1.54, 1.807) is 30.2 Å². The van der Waals surface area contributed by atoms with Crippen LogP contribution in [0.5, 0.6) is 0 Å². The number of amides is 2. The van der Waals surface area contributed by atoms with Crippen molar-refractivity contribution in [2.45, 2.75) is 18.6 Å². The molecule has 0 radical (unpaired) electrons. The molecule has 1 fully saturated rings. The number of rotatable bonds is 7. The Kier molecular flexibility index (Phi) is 7.33. The van der Waals surface area contributed by atoms with Gasteiger partial charge < -0.3 is 10.1 Å². The van der Waals surface area contributed by atoms with E-state index in [1.165, 1.54) is 11.8 Å². The summed E-state index contributed by atoms with van der Waals surface area (Å²) >= 11 is 7.46. The van der Waals surface area contributed by atoms with Crippen LogP contribution in [0.15, 0.2) is 65.7 Å². The molecule has 1 unspecified atom stereocenters. The highest BCUT2D eigenvalue weighted by molar-refractivity contribution is 8.15. The van der Waals surface area contributed by atoms with Gasteiger partial charge >= 0.3 is 0 Å². The van der Waals surface area contributed by atoms with Gasteiger partial charge in [0.1, 0.15) is 5.25 Å². The molecular weight excluding hydrogens is 458 g/mol. The molecule has 0 aliphatic carbocycles. The van der Waals surface area contributed by atoms with Crippen LogP contribution in [-0.4, -0.2) is 47.4 Å². The number of hydrogen-bond donors (Lipinski definition) is 1. The fraction of sp³-hybridized carbons (Fsp3) is 0.240. The zero-order valence-electron chi connectivity index (χ0n) is 18.4. The number of nitrogens with zero attached hydrogens (tertiary/aromatic N) is 2. The first kappa shape index (κ1) is 23.3. The Balaban J connectivity index is 1.57. The maximum atomic E-state index is 13.2. The average Bonchev–Trinajstić information content (AvgIpc) is 3.09. The largest absolute Gasteiger partial charge is 0.383 e. The Morgan fingerprint density at radius 2 is 1.91 bits per heavy atom. The highest BCUT2D eigenvalue weighted by Crippen LogP contribution is 2.34. The van der Waals surface area contributed by atoms with Gasteiger partial charge in [-0.05, 0) is 36.1 Å². The monoisotopic (exact) mass is 481 g/mol. The van der Waals surface area contributed by atoms with E-state index < -0.39 is 5.25 Å². The standard InChI is InChI=1S/C25H24ClN3O3S/c1-16-19(26)10-6-11-20(16)27-23(30)15-22-24(31)29(13-14-32-2)25(33-22)28-21-12-5-8-17-7-3-4-9-18(17)21/h3-12,22H,13-15H2,1-2H3,(H,27,30). The summed E-state index contributed by atoms with van der Waals surface area (Å²) in [6.07, 6.45) is 0.0352. The van der Waals surface area contributed by atoms with Crippen LogP contribution >= 0.6 is 23.4 Å². The molecule has 3 aromatic carbocycles. The number of hydrogen-bond acceptors (Lipinski definition) is 5. The molecule has 33 heavy (non-hydrogen) atoms. The fourth-order valence-electron chi connectivity index (χ4n) is 3.63. The van der Waals surface area contributed by atoms with Crippen molar-refractivity contribution in [2.75, 3.05) is 25.6 Å². The number of nitrogens with one attached hydrogen (secondary N) is 1. The second kappa shape index (κ2) is 10.4. The third-order valence-corrected chi connectivity index (χ3v) is 7.02. The van der Waals surface area contributed by atoms with Gasteiger partial charge in [0.15, 0.2) is 5.17 Å². The number of halogens is 1. The van der Waals surface area contributed by atoms with Crippen LogP contribution in [0.1, 0.15) is 12.0 Å². The fourth-order valence-corrected chi connectivity index (χ4v) is 4.99. The van der Waals surface area contributed by atoms with Gasteiger partial charge in [0, 0.05) is 29.6 Å². The maximum Gasteiger partial charge on any atom is 0.242 e. The minimum atomic E-state index is -0.560. The van der Waals surface area contributed by atoms with Crippen molar-refractivity contribution in [2.24, 2.45) is 4.99 Å². The molecule has 1 heterocycles. The van der Waals surface area contributed by atoms with Gasteiger partial charge in [-0.1, -0.05) is 65.8 Å². The minimum Gasteiger partial charge on any atom is -0.383 e. The lowest BCUT2D eigenvalue weighted by molar-refractivity contribution is -0.128. The molecule has 1 saturated heterocycles. The maximum absolute atomic E-state index is 13.2.